The van der Waals surface area contributed by atoms with Crippen LogP contribution in [0.4, 0.5) is 0 Å². The summed E-state index contributed by atoms with van der Waals surface area (Å²) in [6, 6.07) is 8.27. The lowest BCUT2D eigenvalue weighted by Gasteiger charge is -2.43. The van der Waals surface area contributed by atoms with Gasteiger partial charge in [0.15, 0.2) is 8.32 Å². The molecule has 4 heteroatoms. The van der Waals surface area contributed by atoms with Crippen LogP contribution >= 0.6 is 0 Å². The first-order chi connectivity index (χ1) is 12.7. The normalized spacial score (nSPS) is 19.3. The Morgan fingerprint density at radius 3 is 2.15 bits per heavy atom. The third kappa shape index (κ3) is 4.02. The average molecular weight is 391 g/mol. The standard InChI is InChI=1S/C23H38O3Si/c1-17(2)27(18(3)4,19(5)6)26-15-11-10-14-23(22(24)25-7)16-20-12-8-9-13-21(20)23/h8-9,12-13,17-19H,10-11,14-16H2,1-7H3. The molecule has 0 N–H and O–H groups in total. The molecule has 0 fully saturated rings. The number of ether oxygens (including phenoxy) is 1. The van der Waals surface area contributed by atoms with Gasteiger partial charge in [-0.3, -0.25) is 4.79 Å². The summed E-state index contributed by atoms with van der Waals surface area (Å²) in [7, 11) is -0.294. The van der Waals surface area contributed by atoms with E-state index in [1.54, 1.807) is 0 Å². The minimum atomic E-state index is -1.80. The number of carbonyl (C=O) groups excluding carboxylic acids is 1. The Morgan fingerprint density at radius 1 is 1.04 bits per heavy atom. The number of hydrogen-bond donors (Lipinski definition) is 0. The molecule has 2 rings (SSSR count). The molecule has 1 aromatic carbocycles. The van der Waals surface area contributed by atoms with Gasteiger partial charge in [0.05, 0.1) is 12.5 Å². The van der Waals surface area contributed by atoms with Crippen molar-refractivity contribution in [3.63, 3.8) is 0 Å². The highest BCUT2D eigenvalue weighted by Crippen LogP contribution is 2.46. The summed E-state index contributed by atoms with van der Waals surface area (Å²) >= 11 is 0. The summed E-state index contributed by atoms with van der Waals surface area (Å²) in [5.74, 6) is -0.0858. The molecule has 0 amide bonds. The topological polar surface area (TPSA) is 35.5 Å². The van der Waals surface area contributed by atoms with Crippen LogP contribution in [-0.4, -0.2) is 28.0 Å². The Bertz CT molecular complexity index is 616. The van der Waals surface area contributed by atoms with E-state index in [0.717, 1.165) is 37.9 Å². The smallest absolute Gasteiger partial charge is 0.316 e. The zero-order valence-electron chi connectivity index (χ0n) is 18.3. The molecular weight excluding hydrogens is 352 g/mol. The van der Waals surface area contributed by atoms with Crippen LogP contribution < -0.4 is 0 Å². The largest absolute Gasteiger partial charge is 0.468 e. The van der Waals surface area contributed by atoms with Crippen molar-refractivity contribution in [1.29, 1.82) is 0 Å². The van der Waals surface area contributed by atoms with Crippen LogP contribution in [0.15, 0.2) is 24.3 Å². The average Bonchev–Trinajstić information content (AvgIpc) is 2.59. The van der Waals surface area contributed by atoms with Crippen LogP contribution in [0, 0.1) is 0 Å². The predicted molar refractivity (Wildman–Crippen MR) is 115 cm³/mol. The molecule has 1 aliphatic rings. The molecule has 0 radical (unpaired) electrons. The van der Waals surface area contributed by atoms with Gasteiger partial charge in [-0.05, 0) is 53.4 Å². The van der Waals surface area contributed by atoms with E-state index in [0.29, 0.717) is 16.6 Å². The van der Waals surface area contributed by atoms with E-state index in [1.165, 1.54) is 12.7 Å². The maximum absolute atomic E-state index is 12.5. The van der Waals surface area contributed by atoms with E-state index in [9.17, 15) is 4.79 Å². The van der Waals surface area contributed by atoms with Gasteiger partial charge in [-0.2, -0.15) is 0 Å². The molecule has 1 unspecified atom stereocenters. The predicted octanol–water partition coefficient (Wildman–Crippen LogP) is 6.02. The van der Waals surface area contributed by atoms with E-state index >= 15 is 0 Å². The lowest BCUT2D eigenvalue weighted by Crippen LogP contribution is -2.48. The summed E-state index contributed by atoms with van der Waals surface area (Å²) in [5.41, 5.74) is 3.83. The summed E-state index contributed by atoms with van der Waals surface area (Å²) < 4.78 is 11.8. The number of esters is 1. The Balaban J connectivity index is 1.96. The van der Waals surface area contributed by atoms with Crippen molar-refractivity contribution in [1.82, 2.24) is 0 Å². The van der Waals surface area contributed by atoms with Gasteiger partial charge in [0, 0.05) is 6.61 Å². The summed E-state index contributed by atoms with van der Waals surface area (Å²) in [6.45, 7) is 14.7. The fourth-order valence-electron chi connectivity index (χ4n) is 5.44. The van der Waals surface area contributed by atoms with Crippen LogP contribution in [0.3, 0.4) is 0 Å². The van der Waals surface area contributed by atoms with E-state index in [-0.39, 0.29) is 5.97 Å². The molecule has 1 atom stereocenters. The summed E-state index contributed by atoms with van der Waals surface area (Å²) in [4.78, 5) is 12.5. The highest BCUT2D eigenvalue weighted by molar-refractivity contribution is 6.77. The molecule has 3 nitrogen and oxygen atoms in total. The Morgan fingerprint density at radius 2 is 1.63 bits per heavy atom. The molecule has 152 valence electrons. The van der Waals surface area contributed by atoms with Gasteiger partial charge < -0.3 is 9.16 Å². The first kappa shape index (κ1) is 22.2. The molecule has 1 aliphatic carbocycles. The van der Waals surface area contributed by atoms with Gasteiger partial charge in [-0.15, -0.1) is 0 Å². The molecule has 1 aromatic rings. The number of hydrogen-bond acceptors (Lipinski definition) is 3. The van der Waals surface area contributed by atoms with Crippen molar-refractivity contribution < 1.29 is 14.0 Å². The Hall–Kier alpha value is -1.13. The van der Waals surface area contributed by atoms with Crippen molar-refractivity contribution in [2.45, 2.75) is 89.3 Å². The minimum absolute atomic E-state index is 0.0858. The molecule has 0 aromatic heterocycles. The molecule has 0 saturated carbocycles. The lowest BCUT2D eigenvalue weighted by molar-refractivity contribution is -0.149. The van der Waals surface area contributed by atoms with E-state index in [4.69, 9.17) is 9.16 Å². The molecular formula is C23H38O3Si. The Kier molecular flexibility index (Phi) is 7.31. The highest BCUT2D eigenvalue weighted by Gasteiger charge is 2.49. The van der Waals surface area contributed by atoms with Crippen molar-refractivity contribution in [2.24, 2.45) is 0 Å². The zero-order chi connectivity index (χ0) is 20.2. The fraction of sp³-hybridized carbons (Fsp3) is 0.696. The quantitative estimate of drug-likeness (QED) is 0.278. The van der Waals surface area contributed by atoms with Gasteiger partial charge in [0.2, 0.25) is 0 Å². The molecule has 0 saturated heterocycles. The van der Waals surface area contributed by atoms with Crippen LogP contribution in [0.2, 0.25) is 16.6 Å². The van der Waals surface area contributed by atoms with Crippen molar-refractivity contribution in [3.05, 3.63) is 35.4 Å². The van der Waals surface area contributed by atoms with E-state index in [2.05, 4.69) is 53.7 Å². The summed E-state index contributed by atoms with van der Waals surface area (Å²) in [5, 5.41) is 0. The third-order valence-electron chi connectivity index (χ3n) is 6.66. The first-order valence-corrected chi connectivity index (χ1v) is 12.7. The number of unbranched alkanes of at least 4 members (excludes halogenated alkanes) is 1. The van der Waals surface area contributed by atoms with Crippen LogP contribution in [0.5, 0.6) is 0 Å². The van der Waals surface area contributed by atoms with Gasteiger partial charge in [0.25, 0.3) is 0 Å². The fourth-order valence-corrected chi connectivity index (χ4v) is 10.9. The SMILES string of the molecule is COC(=O)C1(CCCCO[Si](C(C)C)(C(C)C)C(C)C)Cc2ccccc21. The van der Waals surface area contributed by atoms with E-state index in [1.807, 2.05) is 12.1 Å². The van der Waals surface area contributed by atoms with Crippen LogP contribution in [0.25, 0.3) is 0 Å². The monoisotopic (exact) mass is 390 g/mol. The number of methoxy groups -OCH3 is 1. The van der Waals surface area contributed by atoms with Crippen LogP contribution in [-0.2, 0) is 25.8 Å². The molecule has 0 bridgehead atoms. The molecule has 0 spiro atoms. The van der Waals surface area contributed by atoms with E-state index < -0.39 is 13.7 Å². The second kappa shape index (κ2) is 8.91. The number of carbonyl (C=O) groups is 1. The highest BCUT2D eigenvalue weighted by atomic mass is 28.4. The van der Waals surface area contributed by atoms with Gasteiger partial charge in [0.1, 0.15) is 0 Å². The minimum Gasteiger partial charge on any atom is -0.468 e. The van der Waals surface area contributed by atoms with Gasteiger partial charge in [-0.1, -0.05) is 65.8 Å². The maximum Gasteiger partial charge on any atom is 0.316 e. The van der Waals surface area contributed by atoms with Crippen molar-refractivity contribution in [3.8, 4) is 0 Å². The third-order valence-corrected chi connectivity index (χ3v) is 12.8. The zero-order valence-corrected chi connectivity index (χ0v) is 19.3. The maximum atomic E-state index is 12.5. The van der Waals surface area contributed by atoms with Gasteiger partial charge in [-0.25, -0.2) is 0 Å². The lowest BCUT2D eigenvalue weighted by atomic mass is 9.61. The van der Waals surface area contributed by atoms with Gasteiger partial charge >= 0.3 is 5.97 Å². The number of rotatable bonds is 10. The molecule has 27 heavy (non-hydrogen) atoms. The first-order valence-electron chi connectivity index (χ1n) is 10.5. The second-order valence-corrected chi connectivity index (χ2v) is 14.5. The summed E-state index contributed by atoms with van der Waals surface area (Å²) in [6.07, 6.45) is 3.64. The Labute approximate surface area is 167 Å². The number of fused-ring (bicyclic) bond motifs is 1. The number of benzene rings is 1. The molecule has 0 heterocycles. The van der Waals surface area contributed by atoms with Crippen molar-refractivity contribution in [2.75, 3.05) is 13.7 Å². The van der Waals surface area contributed by atoms with Crippen molar-refractivity contribution >= 4 is 14.3 Å². The second-order valence-electron chi connectivity index (χ2n) is 9.03. The van der Waals surface area contributed by atoms with Crippen LogP contribution in [0.1, 0.15) is 71.9 Å². The molecule has 0 aliphatic heterocycles.